The van der Waals surface area contributed by atoms with Gasteiger partial charge in [0.05, 0.1) is 17.6 Å². The molecule has 0 spiro atoms. The van der Waals surface area contributed by atoms with Gasteiger partial charge in [0.15, 0.2) is 6.10 Å². The summed E-state index contributed by atoms with van der Waals surface area (Å²) in [4.78, 5) is 25.1. The van der Waals surface area contributed by atoms with Gasteiger partial charge in [-0.15, -0.1) is 0 Å². The number of carbonyl (C=O) groups is 2. The monoisotopic (exact) mass is 460 g/mol. The van der Waals surface area contributed by atoms with Crippen LogP contribution in [0.2, 0.25) is 0 Å². The summed E-state index contributed by atoms with van der Waals surface area (Å²) in [6, 6.07) is 12.4. The molecule has 10 heteroatoms. The van der Waals surface area contributed by atoms with Crippen molar-refractivity contribution in [2.24, 2.45) is 5.14 Å². The number of ether oxygens (including phenoxy) is 2. The second kappa shape index (κ2) is 9.51. The fourth-order valence-corrected chi connectivity index (χ4v) is 3.41. The highest BCUT2D eigenvalue weighted by Gasteiger charge is 2.26. The molecule has 2 aromatic carbocycles. The summed E-state index contributed by atoms with van der Waals surface area (Å²) in [6.07, 6.45) is -1.20. The molecule has 3 N–H and O–H groups in total. The van der Waals surface area contributed by atoms with Crippen LogP contribution in [-0.4, -0.2) is 32.5 Å². The van der Waals surface area contributed by atoms with Crippen molar-refractivity contribution in [1.29, 1.82) is 0 Å². The highest BCUT2D eigenvalue weighted by Crippen LogP contribution is 2.28. The summed E-state index contributed by atoms with van der Waals surface area (Å²) < 4.78 is 39.3. The van der Waals surface area contributed by atoms with Crippen LogP contribution in [0.15, 0.2) is 57.8 Å². The quantitative estimate of drug-likeness (QED) is 0.492. The number of furan rings is 1. The van der Waals surface area contributed by atoms with Crippen molar-refractivity contribution >= 4 is 38.6 Å². The van der Waals surface area contributed by atoms with Gasteiger partial charge < -0.3 is 19.2 Å². The highest BCUT2D eigenvalue weighted by atomic mass is 32.2. The summed E-state index contributed by atoms with van der Waals surface area (Å²) in [6.45, 7) is 5.32. The molecule has 170 valence electrons. The first-order chi connectivity index (χ1) is 15.1. The number of amides is 1. The number of esters is 1. The molecule has 3 rings (SSSR count). The Bertz CT molecular complexity index is 1230. The lowest BCUT2D eigenvalue weighted by Gasteiger charge is -2.14. The smallest absolute Gasteiger partial charge is 0.375 e. The molecular formula is C22H24N2O7S. The lowest BCUT2D eigenvalue weighted by molar-refractivity contribution is -0.123. The fourth-order valence-electron chi connectivity index (χ4n) is 2.90. The van der Waals surface area contributed by atoms with Gasteiger partial charge >= 0.3 is 5.97 Å². The predicted molar refractivity (Wildman–Crippen MR) is 117 cm³/mol. The van der Waals surface area contributed by atoms with Gasteiger partial charge in [0, 0.05) is 16.6 Å². The first-order valence-electron chi connectivity index (χ1n) is 9.83. The number of carbonyl (C=O) groups excluding carboxylic acids is 2. The van der Waals surface area contributed by atoms with Crippen LogP contribution in [0.25, 0.3) is 11.0 Å². The van der Waals surface area contributed by atoms with Gasteiger partial charge in [0.25, 0.3) is 5.91 Å². The Morgan fingerprint density at radius 3 is 2.34 bits per heavy atom. The van der Waals surface area contributed by atoms with E-state index in [1.165, 1.54) is 31.2 Å². The van der Waals surface area contributed by atoms with E-state index in [4.69, 9.17) is 19.0 Å². The number of primary sulfonamides is 1. The van der Waals surface area contributed by atoms with E-state index < -0.39 is 28.0 Å². The summed E-state index contributed by atoms with van der Waals surface area (Å²) in [7, 11) is -3.84. The van der Waals surface area contributed by atoms with Crippen LogP contribution in [0.1, 0.15) is 36.9 Å². The van der Waals surface area contributed by atoms with E-state index >= 15 is 0 Å². The van der Waals surface area contributed by atoms with Crippen LogP contribution in [0.5, 0.6) is 0 Å². The summed E-state index contributed by atoms with van der Waals surface area (Å²) in [5.74, 6) is -1.42. The first-order valence-corrected chi connectivity index (χ1v) is 11.4. The Labute approximate surface area is 185 Å². The Morgan fingerprint density at radius 1 is 1.06 bits per heavy atom. The van der Waals surface area contributed by atoms with E-state index in [0.29, 0.717) is 16.8 Å². The van der Waals surface area contributed by atoms with Crippen molar-refractivity contribution < 1.29 is 31.9 Å². The molecular weight excluding hydrogens is 436 g/mol. The lowest BCUT2D eigenvalue weighted by atomic mass is 10.1. The SMILES string of the molecule is CC(C)OCc1c(C(=O)OC(C)C(=O)Nc2ccc(S(N)(=O)=O)cc2)oc2ccccc12. The molecule has 9 nitrogen and oxygen atoms in total. The number of sulfonamides is 1. The normalized spacial score (nSPS) is 12.7. The zero-order chi connectivity index (χ0) is 23.5. The van der Waals surface area contributed by atoms with Gasteiger partial charge in [-0.3, -0.25) is 4.79 Å². The third-order valence-corrected chi connectivity index (χ3v) is 5.48. The maximum atomic E-state index is 12.8. The second-order valence-corrected chi connectivity index (χ2v) is 8.93. The molecule has 3 aromatic rings. The van der Waals surface area contributed by atoms with Crippen molar-refractivity contribution in [2.45, 2.75) is 44.5 Å². The number of fused-ring (bicyclic) bond motifs is 1. The molecule has 1 unspecified atom stereocenters. The number of para-hydroxylation sites is 1. The third kappa shape index (κ3) is 5.52. The highest BCUT2D eigenvalue weighted by molar-refractivity contribution is 7.89. The van der Waals surface area contributed by atoms with E-state index in [1.54, 1.807) is 12.1 Å². The maximum absolute atomic E-state index is 12.8. The van der Waals surface area contributed by atoms with E-state index in [9.17, 15) is 18.0 Å². The predicted octanol–water partition coefficient (Wildman–Crippen LogP) is 3.19. The molecule has 0 aliphatic heterocycles. The molecule has 0 saturated carbocycles. The Kier molecular flexibility index (Phi) is 6.97. The number of hydrogen-bond donors (Lipinski definition) is 2. The molecule has 0 bridgehead atoms. The molecule has 0 saturated heterocycles. The Hall–Kier alpha value is -3.21. The minimum Gasteiger partial charge on any atom is -0.449 e. The molecule has 0 radical (unpaired) electrons. The summed E-state index contributed by atoms with van der Waals surface area (Å²) in [5.41, 5.74) is 1.37. The number of anilines is 1. The number of rotatable bonds is 8. The molecule has 1 heterocycles. The van der Waals surface area contributed by atoms with Crippen molar-refractivity contribution in [3.8, 4) is 0 Å². The standard InChI is InChI=1S/C22H24N2O7S/c1-13(2)29-12-18-17-6-4-5-7-19(17)31-20(18)22(26)30-14(3)21(25)24-15-8-10-16(11-9-15)32(23,27)28/h4-11,13-14H,12H2,1-3H3,(H,24,25)(H2,23,27,28). The average molecular weight is 461 g/mol. The van der Waals surface area contributed by atoms with Gasteiger partial charge in [0.2, 0.25) is 15.8 Å². The number of nitrogens with one attached hydrogen (secondary N) is 1. The summed E-state index contributed by atoms with van der Waals surface area (Å²) in [5, 5.41) is 8.33. The second-order valence-electron chi connectivity index (χ2n) is 7.37. The maximum Gasteiger partial charge on any atom is 0.375 e. The van der Waals surface area contributed by atoms with Crippen LogP contribution < -0.4 is 10.5 Å². The van der Waals surface area contributed by atoms with Gasteiger partial charge in [-0.05, 0) is 51.1 Å². The largest absolute Gasteiger partial charge is 0.449 e. The lowest BCUT2D eigenvalue weighted by Crippen LogP contribution is -2.30. The van der Waals surface area contributed by atoms with Crippen LogP contribution >= 0.6 is 0 Å². The molecule has 0 aliphatic carbocycles. The van der Waals surface area contributed by atoms with Crippen molar-refractivity contribution in [2.75, 3.05) is 5.32 Å². The van der Waals surface area contributed by atoms with Crippen LogP contribution in [0.4, 0.5) is 5.69 Å². The van der Waals surface area contributed by atoms with Crippen LogP contribution in [-0.2, 0) is 30.9 Å². The minimum atomic E-state index is -3.84. The van der Waals surface area contributed by atoms with Crippen molar-refractivity contribution in [3.63, 3.8) is 0 Å². The Balaban J connectivity index is 1.73. The fraction of sp³-hybridized carbons (Fsp3) is 0.273. The molecule has 0 aliphatic rings. The van der Waals surface area contributed by atoms with E-state index in [-0.39, 0.29) is 23.4 Å². The third-order valence-electron chi connectivity index (χ3n) is 4.55. The zero-order valence-corrected chi connectivity index (χ0v) is 18.6. The number of nitrogens with two attached hydrogens (primary N) is 1. The average Bonchev–Trinajstić information content (AvgIpc) is 3.10. The Morgan fingerprint density at radius 2 is 1.72 bits per heavy atom. The van der Waals surface area contributed by atoms with Gasteiger partial charge in [-0.1, -0.05) is 18.2 Å². The first kappa shape index (κ1) is 23.5. The van der Waals surface area contributed by atoms with E-state index in [1.807, 2.05) is 26.0 Å². The number of hydrogen-bond acceptors (Lipinski definition) is 7. The molecule has 1 aromatic heterocycles. The minimum absolute atomic E-state index is 0.0241. The molecule has 0 fully saturated rings. The zero-order valence-electron chi connectivity index (χ0n) is 17.8. The van der Waals surface area contributed by atoms with E-state index in [2.05, 4.69) is 5.32 Å². The van der Waals surface area contributed by atoms with Crippen molar-refractivity contribution in [1.82, 2.24) is 0 Å². The molecule has 1 atom stereocenters. The molecule has 32 heavy (non-hydrogen) atoms. The number of benzene rings is 2. The molecule has 1 amide bonds. The topological polar surface area (TPSA) is 138 Å². The van der Waals surface area contributed by atoms with E-state index in [0.717, 1.165) is 5.39 Å². The van der Waals surface area contributed by atoms with Gasteiger partial charge in [-0.2, -0.15) is 0 Å². The van der Waals surface area contributed by atoms with Crippen LogP contribution in [0, 0.1) is 0 Å². The van der Waals surface area contributed by atoms with Crippen molar-refractivity contribution in [3.05, 3.63) is 59.9 Å². The van der Waals surface area contributed by atoms with Crippen LogP contribution in [0.3, 0.4) is 0 Å². The van der Waals surface area contributed by atoms with Gasteiger partial charge in [-0.25, -0.2) is 18.4 Å². The van der Waals surface area contributed by atoms with Gasteiger partial charge in [0.1, 0.15) is 5.58 Å². The summed E-state index contributed by atoms with van der Waals surface area (Å²) >= 11 is 0.